The van der Waals surface area contributed by atoms with Gasteiger partial charge in [0.2, 0.25) is 11.8 Å². The number of aryl methyl sites for hydroxylation is 2. The van der Waals surface area contributed by atoms with Crippen LogP contribution in [0.4, 0.5) is 11.5 Å². The minimum Gasteiger partial charge on any atom is -0.312 e. The van der Waals surface area contributed by atoms with Crippen molar-refractivity contribution in [3.63, 3.8) is 0 Å². The quantitative estimate of drug-likeness (QED) is 0.796. The number of hydrogen-bond acceptors (Lipinski definition) is 3. The highest BCUT2D eigenvalue weighted by Crippen LogP contribution is 2.29. The zero-order valence-electron chi connectivity index (χ0n) is 16.3. The lowest BCUT2D eigenvalue weighted by atomic mass is 10.1. The highest BCUT2D eigenvalue weighted by molar-refractivity contribution is 9.10. The molecule has 3 rings (SSSR count). The van der Waals surface area contributed by atoms with E-state index in [1.165, 1.54) is 0 Å². The van der Waals surface area contributed by atoms with Crippen LogP contribution < -0.4 is 10.2 Å². The average Bonchev–Trinajstić information content (AvgIpc) is 3.13. The Morgan fingerprint density at radius 3 is 2.59 bits per heavy atom. The van der Waals surface area contributed by atoms with Crippen molar-refractivity contribution in [3.8, 4) is 0 Å². The van der Waals surface area contributed by atoms with E-state index in [1.807, 2.05) is 63.6 Å². The molecule has 1 atom stereocenters. The van der Waals surface area contributed by atoms with Gasteiger partial charge in [0.1, 0.15) is 5.82 Å². The summed E-state index contributed by atoms with van der Waals surface area (Å²) in [5.41, 5.74) is 2.47. The Balaban J connectivity index is 1.76. The van der Waals surface area contributed by atoms with Gasteiger partial charge in [-0.05, 0) is 58.4 Å². The molecule has 0 spiro atoms. The van der Waals surface area contributed by atoms with Crippen molar-refractivity contribution in [2.75, 3.05) is 16.8 Å². The summed E-state index contributed by atoms with van der Waals surface area (Å²) in [4.78, 5) is 27.0. The van der Waals surface area contributed by atoms with Gasteiger partial charge >= 0.3 is 0 Å². The average molecular weight is 433 g/mol. The maximum Gasteiger partial charge on any atom is 0.230 e. The van der Waals surface area contributed by atoms with E-state index in [4.69, 9.17) is 0 Å². The van der Waals surface area contributed by atoms with E-state index < -0.39 is 0 Å². The van der Waals surface area contributed by atoms with E-state index in [1.54, 1.807) is 4.90 Å². The molecule has 1 aliphatic rings. The van der Waals surface area contributed by atoms with Crippen LogP contribution in [0.5, 0.6) is 0 Å². The van der Waals surface area contributed by atoms with Crippen molar-refractivity contribution in [3.05, 3.63) is 40.0 Å². The molecule has 7 heteroatoms. The number of carbonyl (C=O) groups excluding carboxylic acids is 2. The fourth-order valence-corrected chi connectivity index (χ4v) is 3.50. The molecular formula is C20H25BrN4O2. The molecule has 27 heavy (non-hydrogen) atoms. The zero-order chi connectivity index (χ0) is 19.9. The second kappa shape index (κ2) is 7.11. The van der Waals surface area contributed by atoms with Crippen LogP contribution in [0.3, 0.4) is 0 Å². The van der Waals surface area contributed by atoms with Crippen LogP contribution in [-0.4, -0.2) is 28.1 Å². The number of halogens is 1. The summed E-state index contributed by atoms with van der Waals surface area (Å²) in [5, 5.41) is 7.45. The van der Waals surface area contributed by atoms with Gasteiger partial charge in [-0.1, -0.05) is 15.9 Å². The Morgan fingerprint density at radius 2 is 1.96 bits per heavy atom. The van der Waals surface area contributed by atoms with E-state index in [0.29, 0.717) is 12.4 Å². The number of hydrogen-bond donors (Lipinski definition) is 1. The van der Waals surface area contributed by atoms with Gasteiger partial charge in [0.25, 0.3) is 0 Å². The van der Waals surface area contributed by atoms with Crippen LogP contribution in [-0.2, 0) is 15.1 Å². The number of rotatable bonds is 3. The Hall–Kier alpha value is -2.15. The van der Waals surface area contributed by atoms with Crippen LogP contribution in [0.15, 0.2) is 28.7 Å². The third-order valence-electron chi connectivity index (χ3n) is 4.67. The second-order valence-electron chi connectivity index (χ2n) is 8.08. The molecule has 0 bridgehead atoms. The van der Waals surface area contributed by atoms with Crippen molar-refractivity contribution < 1.29 is 9.59 Å². The minimum atomic E-state index is -0.384. The summed E-state index contributed by atoms with van der Waals surface area (Å²) in [6.45, 7) is 10.4. The Kier molecular flexibility index (Phi) is 5.16. The van der Waals surface area contributed by atoms with Gasteiger partial charge in [-0.3, -0.25) is 9.59 Å². The molecule has 2 amide bonds. The lowest BCUT2D eigenvalue weighted by molar-refractivity contribution is -0.122. The molecule has 0 radical (unpaired) electrons. The highest BCUT2D eigenvalue weighted by Gasteiger charge is 2.36. The van der Waals surface area contributed by atoms with E-state index in [0.717, 1.165) is 21.4 Å². The molecule has 1 saturated heterocycles. The third kappa shape index (κ3) is 4.08. The van der Waals surface area contributed by atoms with Crippen molar-refractivity contribution in [1.29, 1.82) is 0 Å². The zero-order valence-corrected chi connectivity index (χ0v) is 17.9. The summed E-state index contributed by atoms with van der Waals surface area (Å²) in [7, 11) is 0. The molecule has 144 valence electrons. The molecule has 1 N–H and O–H groups in total. The van der Waals surface area contributed by atoms with Crippen LogP contribution in [0.25, 0.3) is 0 Å². The van der Waals surface area contributed by atoms with E-state index in [2.05, 4.69) is 26.3 Å². The van der Waals surface area contributed by atoms with Crippen molar-refractivity contribution >= 4 is 39.2 Å². The molecule has 1 unspecified atom stereocenters. The highest BCUT2D eigenvalue weighted by atomic mass is 79.9. The van der Waals surface area contributed by atoms with Crippen LogP contribution >= 0.6 is 15.9 Å². The molecular weight excluding hydrogens is 408 g/mol. The molecule has 1 aromatic carbocycles. The topological polar surface area (TPSA) is 67.2 Å². The number of nitrogens with one attached hydrogen (secondary N) is 1. The number of carbonyl (C=O) groups is 2. The fraction of sp³-hybridized carbons (Fsp3) is 0.450. The van der Waals surface area contributed by atoms with Crippen molar-refractivity contribution in [2.45, 2.75) is 46.6 Å². The van der Waals surface area contributed by atoms with E-state index >= 15 is 0 Å². The fourth-order valence-electron chi connectivity index (χ4n) is 3.26. The number of amides is 2. The molecule has 1 fully saturated rings. The van der Waals surface area contributed by atoms with E-state index in [9.17, 15) is 9.59 Å². The van der Waals surface area contributed by atoms with Crippen LogP contribution in [0.1, 0.15) is 38.4 Å². The summed E-state index contributed by atoms with van der Waals surface area (Å²) >= 11 is 3.47. The second-order valence-corrected chi connectivity index (χ2v) is 8.94. The first-order valence-corrected chi connectivity index (χ1v) is 9.80. The van der Waals surface area contributed by atoms with Gasteiger partial charge in [-0.25, -0.2) is 4.68 Å². The molecule has 1 aromatic heterocycles. The number of anilines is 2. The van der Waals surface area contributed by atoms with Gasteiger partial charge in [-0.2, -0.15) is 5.10 Å². The van der Waals surface area contributed by atoms with E-state index in [-0.39, 0.29) is 29.7 Å². The van der Waals surface area contributed by atoms with Gasteiger partial charge in [0, 0.05) is 29.2 Å². The van der Waals surface area contributed by atoms with Crippen molar-refractivity contribution in [1.82, 2.24) is 9.78 Å². The molecule has 2 aromatic rings. The SMILES string of the molecule is Cc1cc(NC(=O)C2CC(=O)N(c3ccc(Br)c(C)c3)C2)n(C(C)(C)C)n1. The molecule has 6 nitrogen and oxygen atoms in total. The number of aromatic nitrogens is 2. The third-order valence-corrected chi connectivity index (χ3v) is 5.56. The molecule has 2 heterocycles. The molecule has 0 aliphatic carbocycles. The Labute approximate surface area is 168 Å². The largest absolute Gasteiger partial charge is 0.312 e. The summed E-state index contributed by atoms with van der Waals surface area (Å²) in [5.74, 6) is 0.0999. The first-order valence-electron chi connectivity index (χ1n) is 9.01. The standard InChI is InChI=1S/C20H25BrN4O2/c1-12-8-15(6-7-16(12)21)24-11-14(10-18(24)26)19(27)22-17-9-13(2)23-25(17)20(3,4)5/h6-9,14H,10-11H2,1-5H3,(H,22,27). The summed E-state index contributed by atoms with van der Waals surface area (Å²) in [6, 6.07) is 7.64. The normalized spacial score (nSPS) is 17.5. The summed E-state index contributed by atoms with van der Waals surface area (Å²) in [6.07, 6.45) is 0.212. The predicted octanol–water partition coefficient (Wildman–Crippen LogP) is 4.01. The monoisotopic (exact) mass is 432 g/mol. The van der Waals surface area contributed by atoms with Crippen LogP contribution in [0, 0.1) is 19.8 Å². The lowest BCUT2D eigenvalue weighted by Crippen LogP contribution is -2.31. The maximum atomic E-state index is 12.8. The number of nitrogens with zero attached hydrogens (tertiary/aromatic N) is 3. The van der Waals surface area contributed by atoms with Gasteiger partial charge in [-0.15, -0.1) is 0 Å². The smallest absolute Gasteiger partial charge is 0.230 e. The van der Waals surface area contributed by atoms with Gasteiger partial charge in [0.15, 0.2) is 0 Å². The number of benzene rings is 1. The molecule has 0 saturated carbocycles. The predicted molar refractivity (Wildman–Crippen MR) is 110 cm³/mol. The van der Waals surface area contributed by atoms with Gasteiger partial charge in [0.05, 0.1) is 17.2 Å². The first kappa shape index (κ1) is 19.6. The maximum absolute atomic E-state index is 12.8. The Morgan fingerprint density at radius 1 is 1.26 bits per heavy atom. The van der Waals surface area contributed by atoms with Crippen molar-refractivity contribution in [2.24, 2.45) is 5.92 Å². The summed E-state index contributed by atoms with van der Waals surface area (Å²) < 4.78 is 2.81. The van der Waals surface area contributed by atoms with Crippen LogP contribution in [0.2, 0.25) is 0 Å². The first-order chi connectivity index (χ1) is 12.6. The van der Waals surface area contributed by atoms with Gasteiger partial charge < -0.3 is 10.2 Å². The lowest BCUT2D eigenvalue weighted by Gasteiger charge is -2.23. The molecule has 1 aliphatic heterocycles. The minimum absolute atomic E-state index is 0.0302. The Bertz CT molecular complexity index is 898.